The highest BCUT2D eigenvalue weighted by Crippen LogP contribution is 2.59. The fraction of sp³-hybridized carbons (Fsp3) is 0.444. The van der Waals surface area contributed by atoms with Crippen molar-refractivity contribution in [1.82, 2.24) is 5.32 Å². The zero-order valence-electron chi connectivity index (χ0n) is 17.8. The van der Waals surface area contributed by atoms with Gasteiger partial charge in [0.2, 0.25) is 0 Å². The number of furan rings is 1. The number of carbonyl (C=O) groups is 1. The van der Waals surface area contributed by atoms with Crippen molar-refractivity contribution in [2.24, 2.45) is 23.2 Å². The van der Waals surface area contributed by atoms with Gasteiger partial charge in [-0.3, -0.25) is 4.79 Å². The molecular formula is C27H29NO3. The summed E-state index contributed by atoms with van der Waals surface area (Å²) in [6, 6.07) is 17.8. The second kappa shape index (κ2) is 7.44. The summed E-state index contributed by atoms with van der Waals surface area (Å²) in [5, 5.41) is 5.52. The molecule has 0 radical (unpaired) electrons. The van der Waals surface area contributed by atoms with E-state index in [1.54, 1.807) is 6.07 Å². The van der Waals surface area contributed by atoms with Crippen LogP contribution in [-0.4, -0.2) is 12.5 Å². The smallest absolute Gasteiger partial charge is 0.287 e. The molecular weight excluding hydrogens is 386 g/mol. The van der Waals surface area contributed by atoms with Gasteiger partial charge in [0.1, 0.15) is 18.1 Å². The Balaban J connectivity index is 1.06. The number of hydrogen-bond donors (Lipinski definition) is 1. The highest BCUT2D eigenvalue weighted by molar-refractivity contribution is 5.91. The number of nitrogens with one attached hydrogen (secondary N) is 1. The number of ether oxygens (including phenoxy) is 1. The minimum absolute atomic E-state index is 0.104. The summed E-state index contributed by atoms with van der Waals surface area (Å²) < 4.78 is 11.7. The summed E-state index contributed by atoms with van der Waals surface area (Å²) in [5.74, 6) is 4.41. The molecule has 1 heterocycles. The first-order chi connectivity index (χ1) is 15.1. The summed E-state index contributed by atoms with van der Waals surface area (Å²) >= 11 is 0. The number of fused-ring (bicyclic) bond motifs is 1. The summed E-state index contributed by atoms with van der Waals surface area (Å²) in [4.78, 5) is 12.7. The van der Waals surface area contributed by atoms with E-state index in [9.17, 15) is 4.79 Å². The van der Waals surface area contributed by atoms with Gasteiger partial charge in [0.25, 0.3) is 5.91 Å². The van der Waals surface area contributed by atoms with Gasteiger partial charge in [0.05, 0.1) is 0 Å². The van der Waals surface area contributed by atoms with Gasteiger partial charge in [-0.25, -0.2) is 0 Å². The first kappa shape index (κ1) is 19.0. The molecule has 4 aliphatic carbocycles. The second-order valence-electron chi connectivity index (χ2n) is 10.2. The minimum Gasteiger partial charge on any atom is -0.486 e. The average Bonchev–Trinajstić information content (AvgIpc) is 3.24. The van der Waals surface area contributed by atoms with Gasteiger partial charge in [0, 0.05) is 6.54 Å². The van der Waals surface area contributed by atoms with Crippen molar-refractivity contribution in [3.05, 3.63) is 66.1 Å². The largest absolute Gasteiger partial charge is 0.486 e. The molecule has 4 fully saturated rings. The molecule has 4 aliphatic rings. The summed E-state index contributed by atoms with van der Waals surface area (Å²) in [5.41, 5.74) is 0.332. The van der Waals surface area contributed by atoms with E-state index < -0.39 is 0 Å². The molecule has 1 amide bonds. The Labute approximate surface area is 183 Å². The Morgan fingerprint density at radius 1 is 0.935 bits per heavy atom. The van der Waals surface area contributed by atoms with Crippen LogP contribution in [0.5, 0.6) is 5.75 Å². The third-order valence-electron chi connectivity index (χ3n) is 7.78. The van der Waals surface area contributed by atoms with Crippen LogP contribution in [-0.2, 0) is 6.61 Å². The van der Waals surface area contributed by atoms with Crippen molar-refractivity contribution in [1.29, 1.82) is 0 Å². The molecule has 4 nitrogen and oxygen atoms in total. The van der Waals surface area contributed by atoms with Gasteiger partial charge in [-0.2, -0.15) is 0 Å². The monoisotopic (exact) mass is 415 g/mol. The van der Waals surface area contributed by atoms with Gasteiger partial charge in [-0.1, -0.05) is 30.3 Å². The zero-order valence-corrected chi connectivity index (χ0v) is 17.8. The summed E-state index contributed by atoms with van der Waals surface area (Å²) in [6.45, 7) is 1.10. The quantitative estimate of drug-likeness (QED) is 0.541. The number of hydrogen-bond acceptors (Lipinski definition) is 3. The van der Waals surface area contributed by atoms with E-state index in [2.05, 4.69) is 23.5 Å². The molecule has 1 aromatic heterocycles. The lowest BCUT2D eigenvalue weighted by Crippen LogP contribution is -2.51. The van der Waals surface area contributed by atoms with E-state index in [1.165, 1.54) is 43.9 Å². The van der Waals surface area contributed by atoms with E-state index in [0.29, 0.717) is 23.5 Å². The molecule has 3 aromatic rings. The van der Waals surface area contributed by atoms with E-state index in [0.717, 1.165) is 35.4 Å². The summed E-state index contributed by atoms with van der Waals surface area (Å²) in [7, 11) is 0. The molecule has 4 saturated carbocycles. The van der Waals surface area contributed by atoms with Crippen molar-refractivity contribution < 1.29 is 13.9 Å². The molecule has 4 bridgehead atoms. The van der Waals surface area contributed by atoms with Gasteiger partial charge < -0.3 is 14.5 Å². The van der Waals surface area contributed by atoms with Crippen LogP contribution in [0.2, 0.25) is 0 Å². The molecule has 0 unspecified atom stereocenters. The van der Waals surface area contributed by atoms with Crippen LogP contribution in [0.15, 0.2) is 59.0 Å². The number of carbonyl (C=O) groups excluding carboxylic acids is 1. The lowest BCUT2D eigenvalue weighted by atomic mass is 9.49. The van der Waals surface area contributed by atoms with Crippen molar-refractivity contribution in [3.63, 3.8) is 0 Å². The first-order valence-corrected chi connectivity index (χ1v) is 11.6. The van der Waals surface area contributed by atoms with Gasteiger partial charge in [-0.05, 0) is 96.7 Å². The van der Waals surface area contributed by atoms with Gasteiger partial charge in [0.15, 0.2) is 5.76 Å². The Morgan fingerprint density at radius 3 is 2.39 bits per heavy atom. The van der Waals surface area contributed by atoms with Gasteiger partial charge in [-0.15, -0.1) is 0 Å². The van der Waals surface area contributed by atoms with Crippen LogP contribution in [0.1, 0.15) is 54.8 Å². The maximum Gasteiger partial charge on any atom is 0.287 e. The van der Waals surface area contributed by atoms with Crippen molar-refractivity contribution in [2.75, 3.05) is 6.54 Å². The van der Waals surface area contributed by atoms with Gasteiger partial charge >= 0.3 is 0 Å². The topological polar surface area (TPSA) is 51.5 Å². The standard InChI is InChI=1S/C27H29NO3/c29-26(28-17-27-13-18-9-19(14-27)11-20(10-18)15-27)25-8-7-24(31-25)16-30-23-6-5-21-3-1-2-4-22(21)12-23/h1-8,12,18-20H,9-11,13-17H2,(H,28,29). The third-order valence-corrected chi connectivity index (χ3v) is 7.78. The van der Waals surface area contributed by atoms with E-state index in [1.807, 2.05) is 30.3 Å². The third kappa shape index (κ3) is 3.73. The summed E-state index contributed by atoms with van der Waals surface area (Å²) in [6.07, 6.45) is 8.15. The minimum atomic E-state index is -0.104. The lowest BCUT2D eigenvalue weighted by molar-refractivity contribution is -0.0504. The molecule has 31 heavy (non-hydrogen) atoms. The molecule has 160 valence electrons. The fourth-order valence-corrected chi connectivity index (χ4v) is 6.85. The molecule has 4 heteroatoms. The molecule has 0 aliphatic heterocycles. The fourth-order valence-electron chi connectivity index (χ4n) is 6.85. The van der Waals surface area contributed by atoms with E-state index in [4.69, 9.17) is 9.15 Å². The molecule has 0 spiro atoms. The van der Waals surface area contributed by atoms with Crippen LogP contribution in [0.4, 0.5) is 0 Å². The molecule has 0 atom stereocenters. The normalized spacial score (nSPS) is 28.7. The number of benzene rings is 2. The lowest BCUT2D eigenvalue weighted by Gasteiger charge is -2.56. The Kier molecular flexibility index (Phi) is 4.55. The predicted octanol–water partition coefficient (Wildman–Crippen LogP) is 5.96. The molecule has 0 saturated heterocycles. The second-order valence-corrected chi connectivity index (χ2v) is 10.2. The highest BCUT2D eigenvalue weighted by atomic mass is 16.5. The van der Waals surface area contributed by atoms with Crippen LogP contribution >= 0.6 is 0 Å². The molecule has 1 N–H and O–H groups in total. The maximum atomic E-state index is 12.7. The van der Waals surface area contributed by atoms with Crippen LogP contribution in [0.3, 0.4) is 0 Å². The Morgan fingerprint density at radius 2 is 1.65 bits per heavy atom. The molecule has 2 aromatic carbocycles. The Hall–Kier alpha value is -2.75. The Bertz CT molecular complexity index is 1080. The predicted molar refractivity (Wildman–Crippen MR) is 120 cm³/mol. The van der Waals surface area contributed by atoms with Crippen molar-refractivity contribution in [3.8, 4) is 5.75 Å². The van der Waals surface area contributed by atoms with E-state index in [-0.39, 0.29) is 5.91 Å². The van der Waals surface area contributed by atoms with E-state index >= 15 is 0 Å². The van der Waals surface area contributed by atoms with Crippen LogP contribution < -0.4 is 10.1 Å². The SMILES string of the molecule is O=C(NCC12CC3CC(CC(C3)C1)C2)c1ccc(COc2ccc3ccccc3c2)o1. The average molecular weight is 416 g/mol. The van der Waals surface area contributed by atoms with Crippen molar-refractivity contribution in [2.45, 2.75) is 45.1 Å². The zero-order chi connectivity index (χ0) is 20.8. The van der Waals surface area contributed by atoms with Crippen LogP contribution in [0, 0.1) is 23.2 Å². The first-order valence-electron chi connectivity index (χ1n) is 11.6. The molecule has 7 rings (SSSR count). The number of rotatable bonds is 6. The number of amides is 1. The van der Waals surface area contributed by atoms with Crippen LogP contribution in [0.25, 0.3) is 10.8 Å². The highest BCUT2D eigenvalue weighted by Gasteiger charge is 2.50. The maximum absolute atomic E-state index is 12.7. The van der Waals surface area contributed by atoms with Crippen molar-refractivity contribution >= 4 is 16.7 Å².